The molecule has 0 bridgehead atoms. The predicted molar refractivity (Wildman–Crippen MR) is 89.2 cm³/mol. The molecule has 6 heteroatoms. The first-order valence-corrected chi connectivity index (χ1v) is 7.64. The highest BCUT2D eigenvalue weighted by molar-refractivity contribution is 14.1. The monoisotopic (exact) mass is 488 g/mol. The number of hydrogen-bond acceptors (Lipinski definition) is 4. The van der Waals surface area contributed by atoms with E-state index in [0.717, 1.165) is 7.14 Å². The summed E-state index contributed by atoms with van der Waals surface area (Å²) in [5.74, 6) is 0.171. The summed E-state index contributed by atoms with van der Waals surface area (Å²) in [7, 11) is 0. The van der Waals surface area contributed by atoms with E-state index in [2.05, 4.69) is 51.8 Å². The molecule has 4 nitrogen and oxygen atoms in total. The van der Waals surface area contributed by atoms with Gasteiger partial charge >= 0.3 is 5.97 Å². The van der Waals surface area contributed by atoms with Crippen molar-refractivity contribution in [2.75, 3.05) is 13.2 Å². The molecule has 1 unspecified atom stereocenters. The molecule has 0 aliphatic carbocycles. The molecule has 0 saturated carbocycles. The van der Waals surface area contributed by atoms with Gasteiger partial charge in [-0.2, -0.15) is 0 Å². The van der Waals surface area contributed by atoms with Crippen LogP contribution < -0.4 is 4.74 Å². The zero-order valence-electron chi connectivity index (χ0n) is 10.4. The van der Waals surface area contributed by atoms with E-state index in [1.165, 1.54) is 0 Å². The van der Waals surface area contributed by atoms with Crippen LogP contribution in [0.15, 0.2) is 30.4 Å². The topological polar surface area (TPSA) is 55.8 Å². The number of aliphatic hydroxyl groups is 1. The molecule has 19 heavy (non-hydrogen) atoms. The van der Waals surface area contributed by atoms with E-state index in [4.69, 9.17) is 9.47 Å². The van der Waals surface area contributed by atoms with Crippen LogP contribution in [0.5, 0.6) is 5.75 Å². The average Bonchev–Trinajstić information content (AvgIpc) is 2.32. The lowest BCUT2D eigenvalue weighted by molar-refractivity contribution is -0.142. The minimum atomic E-state index is -0.862. The Morgan fingerprint density at radius 3 is 2.42 bits per heavy atom. The van der Waals surface area contributed by atoms with Crippen LogP contribution in [-0.4, -0.2) is 30.4 Å². The van der Waals surface area contributed by atoms with Gasteiger partial charge in [0.2, 0.25) is 0 Å². The summed E-state index contributed by atoms with van der Waals surface area (Å²) in [4.78, 5) is 11.1. The molecule has 1 N–H and O–H groups in total. The minimum absolute atomic E-state index is 0.0691. The van der Waals surface area contributed by atoms with Gasteiger partial charge in [-0.05, 0) is 70.3 Å². The van der Waals surface area contributed by atoms with Gasteiger partial charge in [-0.3, -0.25) is 0 Å². The number of esters is 1. The lowest BCUT2D eigenvalue weighted by atomic mass is 10.3. The van der Waals surface area contributed by atoms with Crippen LogP contribution in [-0.2, 0) is 9.53 Å². The maximum Gasteiger partial charge on any atom is 0.333 e. The van der Waals surface area contributed by atoms with E-state index >= 15 is 0 Å². The fourth-order valence-corrected chi connectivity index (χ4v) is 3.03. The van der Waals surface area contributed by atoms with Crippen molar-refractivity contribution < 1.29 is 19.4 Å². The zero-order chi connectivity index (χ0) is 14.4. The highest BCUT2D eigenvalue weighted by atomic mass is 127. The molecule has 0 aromatic heterocycles. The third-order valence-electron chi connectivity index (χ3n) is 2.03. The largest absolute Gasteiger partial charge is 0.491 e. The van der Waals surface area contributed by atoms with Crippen LogP contribution in [0.2, 0.25) is 0 Å². The number of benzene rings is 1. The Kier molecular flexibility index (Phi) is 7.08. The van der Waals surface area contributed by atoms with Gasteiger partial charge in [0.15, 0.2) is 0 Å². The summed E-state index contributed by atoms with van der Waals surface area (Å²) in [6, 6.07) is 5.75. The number of carbonyl (C=O) groups is 1. The Hall–Kier alpha value is -0.350. The Bertz CT molecular complexity index is 453. The molecule has 1 aromatic carbocycles. The van der Waals surface area contributed by atoms with Crippen molar-refractivity contribution in [2.24, 2.45) is 0 Å². The first-order valence-electron chi connectivity index (χ1n) is 5.48. The van der Waals surface area contributed by atoms with Gasteiger partial charge in [0, 0.05) is 12.7 Å². The van der Waals surface area contributed by atoms with Gasteiger partial charge in [0.05, 0.1) is 0 Å². The molecule has 1 atom stereocenters. The van der Waals surface area contributed by atoms with Crippen molar-refractivity contribution in [1.29, 1.82) is 0 Å². The SMILES string of the molecule is C=C(C)C(=O)OCC(O)COc1cc(I)cc(I)c1. The molecule has 0 fully saturated rings. The summed E-state index contributed by atoms with van der Waals surface area (Å²) < 4.78 is 12.4. The number of ether oxygens (including phenoxy) is 2. The third-order valence-corrected chi connectivity index (χ3v) is 3.28. The van der Waals surface area contributed by atoms with E-state index in [1.807, 2.05) is 18.2 Å². The third kappa shape index (κ3) is 6.57. The smallest absolute Gasteiger partial charge is 0.333 e. The Morgan fingerprint density at radius 2 is 1.89 bits per heavy atom. The van der Waals surface area contributed by atoms with Crippen molar-refractivity contribution in [3.05, 3.63) is 37.5 Å². The number of carbonyl (C=O) groups excluding carboxylic acids is 1. The Labute approximate surface area is 139 Å². The van der Waals surface area contributed by atoms with E-state index in [9.17, 15) is 9.90 Å². The van der Waals surface area contributed by atoms with E-state index < -0.39 is 12.1 Å². The van der Waals surface area contributed by atoms with Gasteiger partial charge < -0.3 is 14.6 Å². The Balaban J connectivity index is 2.39. The van der Waals surface area contributed by atoms with Gasteiger partial charge in [-0.1, -0.05) is 6.58 Å². The number of aliphatic hydroxyl groups excluding tert-OH is 1. The molecule has 0 aliphatic heterocycles. The second-order valence-corrected chi connectivity index (χ2v) is 6.44. The first-order chi connectivity index (χ1) is 8.88. The summed E-state index contributed by atoms with van der Waals surface area (Å²) in [6.45, 7) is 4.98. The molecule has 0 amide bonds. The van der Waals surface area contributed by atoms with Gasteiger partial charge in [-0.25, -0.2) is 4.79 Å². The zero-order valence-corrected chi connectivity index (χ0v) is 14.7. The molecule has 1 aromatic rings. The standard InChI is InChI=1S/C13H14I2O4/c1-8(2)13(17)19-7-11(16)6-18-12-4-9(14)3-10(15)5-12/h3-5,11,16H,1,6-7H2,2H3. The first kappa shape index (κ1) is 16.7. The summed E-state index contributed by atoms with van der Waals surface area (Å²) in [6.07, 6.45) is -0.862. The lowest BCUT2D eigenvalue weighted by Crippen LogP contribution is -2.25. The van der Waals surface area contributed by atoms with Crippen molar-refractivity contribution >= 4 is 51.2 Å². The maximum absolute atomic E-state index is 11.1. The second-order valence-electron chi connectivity index (χ2n) is 3.95. The molecule has 104 valence electrons. The molecular weight excluding hydrogens is 474 g/mol. The van der Waals surface area contributed by atoms with Crippen LogP contribution in [0.4, 0.5) is 0 Å². The van der Waals surface area contributed by atoms with Crippen LogP contribution in [0.3, 0.4) is 0 Å². The molecule has 0 aliphatic rings. The Morgan fingerprint density at radius 1 is 1.32 bits per heavy atom. The van der Waals surface area contributed by atoms with Crippen LogP contribution in [0.1, 0.15) is 6.92 Å². The van der Waals surface area contributed by atoms with Gasteiger partial charge in [0.25, 0.3) is 0 Å². The quantitative estimate of drug-likeness (QED) is 0.381. The van der Waals surface area contributed by atoms with Crippen molar-refractivity contribution in [3.8, 4) is 5.75 Å². The van der Waals surface area contributed by atoms with Crippen molar-refractivity contribution in [1.82, 2.24) is 0 Å². The molecule has 0 spiro atoms. The summed E-state index contributed by atoms with van der Waals surface area (Å²) in [5, 5.41) is 9.64. The highest BCUT2D eigenvalue weighted by Gasteiger charge is 2.10. The lowest BCUT2D eigenvalue weighted by Gasteiger charge is -2.13. The molecule has 0 saturated heterocycles. The van der Waals surface area contributed by atoms with Crippen molar-refractivity contribution in [2.45, 2.75) is 13.0 Å². The molecule has 1 rings (SSSR count). The fourth-order valence-electron chi connectivity index (χ4n) is 1.15. The van der Waals surface area contributed by atoms with Crippen molar-refractivity contribution in [3.63, 3.8) is 0 Å². The second kappa shape index (κ2) is 8.05. The molecule has 0 heterocycles. The van der Waals surface area contributed by atoms with Gasteiger partial charge in [0.1, 0.15) is 25.1 Å². The van der Waals surface area contributed by atoms with E-state index in [1.54, 1.807) is 6.92 Å². The number of halogens is 2. The summed E-state index contributed by atoms with van der Waals surface area (Å²) in [5.41, 5.74) is 0.306. The van der Waals surface area contributed by atoms with E-state index in [-0.39, 0.29) is 13.2 Å². The van der Waals surface area contributed by atoms with Crippen LogP contribution >= 0.6 is 45.2 Å². The highest BCUT2D eigenvalue weighted by Crippen LogP contribution is 2.20. The molecule has 0 radical (unpaired) electrons. The van der Waals surface area contributed by atoms with Crippen LogP contribution in [0.25, 0.3) is 0 Å². The molecular formula is C13H14I2O4. The predicted octanol–water partition coefficient (Wildman–Crippen LogP) is 2.75. The average molecular weight is 488 g/mol. The van der Waals surface area contributed by atoms with E-state index in [0.29, 0.717) is 11.3 Å². The normalized spacial score (nSPS) is 11.8. The number of hydrogen-bond donors (Lipinski definition) is 1. The maximum atomic E-state index is 11.1. The summed E-state index contributed by atoms with van der Waals surface area (Å²) >= 11 is 4.39. The fraction of sp³-hybridized carbons (Fsp3) is 0.308. The number of rotatable bonds is 6. The van der Waals surface area contributed by atoms with Gasteiger partial charge in [-0.15, -0.1) is 0 Å². The minimum Gasteiger partial charge on any atom is -0.491 e. The van der Waals surface area contributed by atoms with Crippen LogP contribution in [0, 0.1) is 7.14 Å².